The van der Waals surface area contributed by atoms with E-state index in [2.05, 4.69) is 31.0 Å². The number of β-lactam (4-membered cyclic amide) rings is 1. The van der Waals surface area contributed by atoms with Crippen LogP contribution in [0.2, 0.25) is 0 Å². The van der Waals surface area contributed by atoms with E-state index in [-0.39, 0.29) is 53.7 Å². The number of thioether (sulfide) groups is 1. The van der Waals surface area contributed by atoms with Gasteiger partial charge in [-0.1, -0.05) is 6.92 Å². The summed E-state index contributed by atoms with van der Waals surface area (Å²) in [5.74, 6) is -2.76. The van der Waals surface area contributed by atoms with Crippen molar-refractivity contribution in [1.29, 1.82) is 0 Å². The van der Waals surface area contributed by atoms with Gasteiger partial charge in [0.05, 0.1) is 18.0 Å². The summed E-state index contributed by atoms with van der Waals surface area (Å²) < 4.78 is 1.27. The Morgan fingerprint density at radius 2 is 2.15 bits per heavy atom. The second-order valence-corrected chi connectivity index (χ2v) is 12.0. The SMILES string of the molecule is [C-]#[N+]CC1(N)CN(C(=O)C2CC(SC3=C(C(=O)O)N4C(=O)[C@H]([C@@H](C)NC(=O)Cn5cnnn5)[C@H]4[C@H]3C)CN2)C1. The van der Waals surface area contributed by atoms with Crippen molar-refractivity contribution < 1.29 is 24.3 Å². The maximum Gasteiger partial charge on any atom is 0.353 e. The Hall–Kier alpha value is -3.55. The Balaban J connectivity index is 1.21. The highest BCUT2D eigenvalue weighted by molar-refractivity contribution is 8.03. The first kappa shape index (κ1) is 27.0. The van der Waals surface area contributed by atoms with Gasteiger partial charge < -0.3 is 36.1 Å². The molecule has 5 rings (SSSR count). The maximum atomic E-state index is 13.1. The number of nitrogens with one attached hydrogen (secondary N) is 2. The molecule has 2 unspecified atom stereocenters. The Labute approximate surface area is 228 Å². The lowest BCUT2D eigenvalue weighted by atomic mass is 9.78. The van der Waals surface area contributed by atoms with Crippen molar-refractivity contribution in [2.75, 3.05) is 26.2 Å². The molecule has 4 aliphatic rings. The van der Waals surface area contributed by atoms with E-state index >= 15 is 0 Å². The van der Waals surface area contributed by atoms with Crippen LogP contribution in [-0.2, 0) is 25.7 Å². The summed E-state index contributed by atoms with van der Waals surface area (Å²) in [5, 5.41) is 26.6. The number of carboxylic acids is 1. The van der Waals surface area contributed by atoms with E-state index in [9.17, 15) is 24.3 Å². The summed E-state index contributed by atoms with van der Waals surface area (Å²) >= 11 is 1.40. The molecule has 6 atom stereocenters. The van der Waals surface area contributed by atoms with E-state index in [0.717, 1.165) is 0 Å². The van der Waals surface area contributed by atoms with Gasteiger partial charge in [-0.05, 0) is 23.8 Å². The molecular weight excluding hydrogens is 528 g/mol. The fraction of sp³-hybridized carbons (Fsp3) is 0.652. The molecule has 16 heteroatoms. The number of tetrazole rings is 1. The molecule has 5 heterocycles. The molecule has 0 aromatic carbocycles. The number of nitrogens with two attached hydrogens (primary N) is 1. The van der Waals surface area contributed by atoms with Crippen LogP contribution in [0.1, 0.15) is 20.3 Å². The number of carboxylic acid groups (broad SMARTS) is 1. The van der Waals surface area contributed by atoms with Gasteiger partial charge in [0, 0.05) is 41.7 Å². The summed E-state index contributed by atoms with van der Waals surface area (Å²) in [5.41, 5.74) is 5.44. The van der Waals surface area contributed by atoms with Gasteiger partial charge in [0.2, 0.25) is 24.3 Å². The maximum absolute atomic E-state index is 13.1. The van der Waals surface area contributed by atoms with Crippen molar-refractivity contribution in [3.8, 4) is 0 Å². The largest absolute Gasteiger partial charge is 0.477 e. The quantitative estimate of drug-likeness (QED) is 0.191. The summed E-state index contributed by atoms with van der Waals surface area (Å²) in [6.07, 6.45) is 1.82. The average Bonchev–Trinajstić information content (AvgIpc) is 3.58. The van der Waals surface area contributed by atoms with Crippen LogP contribution in [0, 0.1) is 18.4 Å². The second-order valence-electron chi connectivity index (χ2n) is 10.7. The number of carbonyl (C=O) groups excluding carboxylic acids is 3. The second kappa shape index (κ2) is 10.2. The molecule has 3 saturated heterocycles. The fourth-order valence-corrected chi connectivity index (χ4v) is 7.47. The van der Waals surface area contributed by atoms with E-state index in [1.807, 2.05) is 6.92 Å². The Kier molecular flexibility index (Phi) is 7.08. The van der Waals surface area contributed by atoms with E-state index in [0.29, 0.717) is 31.0 Å². The zero-order chi connectivity index (χ0) is 28.1. The zero-order valence-electron chi connectivity index (χ0n) is 21.5. The Morgan fingerprint density at radius 3 is 2.79 bits per heavy atom. The molecule has 0 saturated carbocycles. The molecule has 0 radical (unpaired) electrons. The van der Waals surface area contributed by atoms with E-state index < -0.39 is 29.5 Å². The first-order valence-corrected chi connectivity index (χ1v) is 13.5. The number of likely N-dealkylation sites (tertiary alicyclic amines) is 1. The van der Waals surface area contributed by atoms with E-state index in [4.69, 9.17) is 12.3 Å². The highest BCUT2D eigenvalue weighted by atomic mass is 32.2. The first-order chi connectivity index (χ1) is 18.5. The third-order valence-electron chi connectivity index (χ3n) is 7.82. The van der Waals surface area contributed by atoms with Crippen LogP contribution in [-0.4, -0.2) is 114 Å². The van der Waals surface area contributed by atoms with Crippen LogP contribution in [0.4, 0.5) is 0 Å². The molecule has 39 heavy (non-hydrogen) atoms. The lowest BCUT2D eigenvalue weighted by Crippen LogP contribution is -2.71. The molecule has 0 spiro atoms. The smallest absolute Gasteiger partial charge is 0.353 e. The third-order valence-corrected chi connectivity index (χ3v) is 9.33. The number of carbonyl (C=O) groups is 4. The van der Waals surface area contributed by atoms with Crippen molar-refractivity contribution in [3.63, 3.8) is 0 Å². The van der Waals surface area contributed by atoms with Gasteiger partial charge in [-0.3, -0.25) is 14.4 Å². The third kappa shape index (κ3) is 4.85. The first-order valence-electron chi connectivity index (χ1n) is 12.6. The van der Waals surface area contributed by atoms with Crippen molar-refractivity contribution in [1.82, 2.24) is 40.6 Å². The Bertz CT molecular complexity index is 1260. The van der Waals surface area contributed by atoms with Gasteiger partial charge in [0.1, 0.15) is 24.1 Å². The highest BCUT2D eigenvalue weighted by Gasteiger charge is 2.60. The van der Waals surface area contributed by atoms with Crippen LogP contribution in [0.25, 0.3) is 4.85 Å². The molecule has 3 amide bonds. The lowest BCUT2D eigenvalue weighted by molar-refractivity contribution is -0.158. The molecule has 0 bridgehead atoms. The molecule has 5 N–H and O–H groups in total. The fourth-order valence-electron chi connectivity index (χ4n) is 5.99. The van der Waals surface area contributed by atoms with Crippen LogP contribution in [0.5, 0.6) is 0 Å². The summed E-state index contributed by atoms with van der Waals surface area (Å²) in [6, 6.07) is -1.32. The van der Waals surface area contributed by atoms with Gasteiger partial charge in [-0.25, -0.2) is 16.0 Å². The molecule has 4 aliphatic heterocycles. The molecule has 3 fully saturated rings. The van der Waals surface area contributed by atoms with Gasteiger partial charge in [-0.2, -0.15) is 0 Å². The summed E-state index contributed by atoms with van der Waals surface area (Å²) in [6.45, 7) is 11.9. The standard InChI is InChI=1S/C23H30N10O5S/c1-11-17-16(12(2)28-15(34)6-32-10-27-29-30-32)21(36)33(17)18(22(37)38)19(11)39-13-4-14(26-5-13)20(35)31-8-23(24,9-31)7-25-3/h10-14,16-17,26H,4-9,24H2,1-2H3,(H,28,34)(H,37,38)/t11-,12-,13?,14?,16-,17-/m1/s1. The predicted octanol–water partition coefficient (Wildman–Crippen LogP) is -2.13. The number of hydrogen-bond donors (Lipinski definition) is 4. The normalized spacial score (nSPS) is 29.8. The number of nitrogens with zero attached hydrogens (tertiary/aromatic N) is 7. The van der Waals surface area contributed by atoms with E-state index in [1.54, 1.807) is 11.8 Å². The minimum Gasteiger partial charge on any atom is -0.477 e. The topological polar surface area (TPSA) is 193 Å². The van der Waals surface area contributed by atoms with Gasteiger partial charge in [-0.15, -0.1) is 16.9 Å². The van der Waals surface area contributed by atoms with Crippen LogP contribution >= 0.6 is 11.8 Å². The summed E-state index contributed by atoms with van der Waals surface area (Å²) in [7, 11) is 0. The van der Waals surface area contributed by atoms with Crippen LogP contribution < -0.4 is 16.4 Å². The van der Waals surface area contributed by atoms with Gasteiger partial charge in [0.15, 0.2) is 0 Å². The number of rotatable bonds is 9. The Morgan fingerprint density at radius 1 is 1.41 bits per heavy atom. The number of aromatic nitrogens is 4. The lowest BCUT2D eigenvalue weighted by Gasteiger charge is -2.47. The summed E-state index contributed by atoms with van der Waals surface area (Å²) in [4.78, 5) is 57.7. The van der Waals surface area contributed by atoms with Crippen molar-refractivity contribution >= 4 is 35.5 Å². The minimum absolute atomic E-state index is 0.0180. The molecule has 1 aromatic rings. The van der Waals surface area contributed by atoms with Crippen LogP contribution in [0.15, 0.2) is 16.9 Å². The van der Waals surface area contributed by atoms with Crippen molar-refractivity contribution in [3.05, 3.63) is 28.3 Å². The number of aliphatic carboxylic acids is 1. The van der Waals surface area contributed by atoms with Crippen LogP contribution in [0.3, 0.4) is 0 Å². The highest BCUT2D eigenvalue weighted by Crippen LogP contribution is 2.51. The molecule has 1 aromatic heterocycles. The van der Waals surface area contributed by atoms with E-state index in [1.165, 1.54) is 27.7 Å². The van der Waals surface area contributed by atoms with Crippen molar-refractivity contribution in [2.45, 2.75) is 55.7 Å². The molecule has 15 nitrogen and oxygen atoms in total. The molecular formula is C23H30N10O5S. The number of hydrogen-bond acceptors (Lipinski definition) is 10. The monoisotopic (exact) mass is 558 g/mol. The molecule has 208 valence electrons. The predicted molar refractivity (Wildman–Crippen MR) is 136 cm³/mol. The van der Waals surface area contributed by atoms with Gasteiger partial charge >= 0.3 is 5.97 Å². The average molecular weight is 559 g/mol. The zero-order valence-corrected chi connectivity index (χ0v) is 22.3. The van der Waals surface area contributed by atoms with Crippen molar-refractivity contribution in [2.24, 2.45) is 17.6 Å². The van der Waals surface area contributed by atoms with Gasteiger partial charge in [0.25, 0.3) is 0 Å². The number of amides is 3. The molecule has 0 aliphatic carbocycles. The number of fused-ring (bicyclic) bond motifs is 1. The minimum atomic E-state index is -1.17.